The molecule has 4 nitrogen and oxygen atoms in total. The van der Waals surface area contributed by atoms with Gasteiger partial charge in [0, 0.05) is 21.0 Å². The number of thiophene rings is 1. The Hall–Kier alpha value is -1.56. The van der Waals surface area contributed by atoms with Crippen molar-refractivity contribution in [2.75, 3.05) is 0 Å². The van der Waals surface area contributed by atoms with Gasteiger partial charge in [-0.15, -0.1) is 11.3 Å². The smallest absolute Gasteiger partial charge is 0.275 e. The van der Waals surface area contributed by atoms with Gasteiger partial charge in [-0.3, -0.25) is 10.2 Å². The summed E-state index contributed by atoms with van der Waals surface area (Å²) in [6, 6.07) is 7.26. The fourth-order valence-corrected chi connectivity index (χ4v) is 3.17. The largest absolute Gasteiger partial charge is 0.488 e. The third-order valence-electron chi connectivity index (χ3n) is 2.73. The standard InChI is InChI=1S/C12H9ClN2O2S/c13-7-1-2-9-8(4-7)11-6(5-17-9)3-10(18-11)12(16)15-14/h1-4H,5,14H2,(H,15,16). The molecule has 3 N–H and O–H groups in total. The number of hydrogen-bond acceptors (Lipinski definition) is 4. The van der Waals surface area contributed by atoms with Crippen molar-refractivity contribution in [2.45, 2.75) is 6.61 Å². The molecule has 0 fully saturated rings. The van der Waals surface area contributed by atoms with Crippen LogP contribution in [0.4, 0.5) is 0 Å². The molecule has 2 aromatic rings. The molecule has 3 rings (SSSR count). The number of amides is 1. The molecule has 6 heteroatoms. The summed E-state index contributed by atoms with van der Waals surface area (Å²) < 4.78 is 5.62. The molecule has 0 unspecified atom stereocenters. The fourth-order valence-electron chi connectivity index (χ4n) is 1.91. The van der Waals surface area contributed by atoms with E-state index in [0.717, 1.165) is 21.8 Å². The lowest BCUT2D eigenvalue weighted by Crippen LogP contribution is -2.29. The summed E-state index contributed by atoms with van der Waals surface area (Å²) in [6.07, 6.45) is 0. The molecule has 2 heterocycles. The van der Waals surface area contributed by atoms with Crippen LogP contribution in [0.2, 0.25) is 5.02 Å². The Labute approximate surface area is 112 Å². The Bertz CT molecular complexity index is 639. The molecular formula is C12H9ClN2O2S. The summed E-state index contributed by atoms with van der Waals surface area (Å²) in [4.78, 5) is 13.1. The molecule has 0 aliphatic carbocycles. The highest BCUT2D eigenvalue weighted by Gasteiger charge is 2.22. The minimum absolute atomic E-state index is 0.294. The van der Waals surface area contributed by atoms with Crippen molar-refractivity contribution in [2.24, 2.45) is 5.84 Å². The van der Waals surface area contributed by atoms with Crippen LogP contribution in [0.15, 0.2) is 24.3 Å². The maximum absolute atomic E-state index is 11.5. The van der Waals surface area contributed by atoms with Gasteiger partial charge in [0.05, 0.1) is 4.88 Å². The van der Waals surface area contributed by atoms with Gasteiger partial charge in [0.25, 0.3) is 5.91 Å². The summed E-state index contributed by atoms with van der Waals surface area (Å²) in [5.41, 5.74) is 4.03. The number of nitrogens with two attached hydrogens (primary N) is 1. The summed E-state index contributed by atoms with van der Waals surface area (Å²) in [7, 11) is 0. The number of benzene rings is 1. The van der Waals surface area contributed by atoms with Gasteiger partial charge in [-0.25, -0.2) is 5.84 Å². The van der Waals surface area contributed by atoms with Crippen molar-refractivity contribution >= 4 is 28.8 Å². The number of hydrazine groups is 1. The van der Waals surface area contributed by atoms with Crippen molar-refractivity contribution < 1.29 is 9.53 Å². The molecule has 1 amide bonds. The minimum atomic E-state index is -0.294. The number of nitrogen functional groups attached to an aromatic ring is 1. The van der Waals surface area contributed by atoms with Gasteiger partial charge in [0.15, 0.2) is 0 Å². The van der Waals surface area contributed by atoms with E-state index in [9.17, 15) is 4.79 Å². The second-order valence-electron chi connectivity index (χ2n) is 3.87. The topological polar surface area (TPSA) is 64.3 Å². The maximum Gasteiger partial charge on any atom is 0.275 e. The predicted octanol–water partition coefficient (Wildman–Crippen LogP) is 2.56. The number of nitrogens with one attached hydrogen (secondary N) is 1. The summed E-state index contributed by atoms with van der Waals surface area (Å²) >= 11 is 7.38. The SMILES string of the molecule is NNC(=O)c1cc2c(s1)-c1cc(Cl)ccc1OC2. The first kappa shape index (κ1) is 11.5. The van der Waals surface area contributed by atoms with Gasteiger partial charge < -0.3 is 4.74 Å². The molecule has 1 aliphatic heterocycles. The Morgan fingerprint density at radius 1 is 1.44 bits per heavy atom. The monoisotopic (exact) mass is 280 g/mol. The van der Waals surface area contributed by atoms with Crippen LogP contribution in [0.25, 0.3) is 10.4 Å². The average Bonchev–Trinajstić information content (AvgIpc) is 2.82. The van der Waals surface area contributed by atoms with Gasteiger partial charge in [-0.05, 0) is 24.3 Å². The van der Waals surface area contributed by atoms with E-state index in [1.807, 2.05) is 12.1 Å². The number of rotatable bonds is 1. The Morgan fingerprint density at radius 2 is 2.28 bits per heavy atom. The Morgan fingerprint density at radius 3 is 3.06 bits per heavy atom. The van der Waals surface area contributed by atoms with Crippen LogP contribution >= 0.6 is 22.9 Å². The molecule has 0 bridgehead atoms. The molecule has 0 atom stereocenters. The molecule has 0 spiro atoms. The molecule has 1 aromatic carbocycles. The van der Waals surface area contributed by atoms with Crippen LogP contribution in [0.5, 0.6) is 5.75 Å². The van der Waals surface area contributed by atoms with Gasteiger partial charge >= 0.3 is 0 Å². The number of ether oxygens (including phenoxy) is 1. The van der Waals surface area contributed by atoms with Crippen molar-refractivity contribution in [3.05, 3.63) is 39.7 Å². The molecule has 1 aliphatic rings. The zero-order chi connectivity index (χ0) is 12.7. The van der Waals surface area contributed by atoms with E-state index < -0.39 is 0 Å². The van der Waals surface area contributed by atoms with Gasteiger partial charge in [0.2, 0.25) is 0 Å². The Balaban J connectivity index is 2.14. The van der Waals surface area contributed by atoms with Crippen LogP contribution in [0, 0.1) is 0 Å². The van der Waals surface area contributed by atoms with Crippen LogP contribution in [-0.4, -0.2) is 5.91 Å². The second-order valence-corrected chi connectivity index (χ2v) is 5.36. The molecule has 18 heavy (non-hydrogen) atoms. The second kappa shape index (κ2) is 4.28. The molecule has 0 saturated heterocycles. The van der Waals surface area contributed by atoms with Crippen LogP contribution in [0.1, 0.15) is 15.2 Å². The van der Waals surface area contributed by atoms with E-state index in [4.69, 9.17) is 22.2 Å². The van der Waals surface area contributed by atoms with E-state index in [2.05, 4.69) is 5.43 Å². The lowest BCUT2D eigenvalue weighted by atomic mass is 10.1. The third kappa shape index (κ3) is 1.77. The van der Waals surface area contributed by atoms with E-state index in [0.29, 0.717) is 16.5 Å². The van der Waals surface area contributed by atoms with Gasteiger partial charge in [0.1, 0.15) is 12.4 Å². The number of hydrogen-bond donors (Lipinski definition) is 2. The van der Waals surface area contributed by atoms with E-state index in [1.54, 1.807) is 12.1 Å². The zero-order valence-electron chi connectivity index (χ0n) is 9.20. The lowest BCUT2D eigenvalue weighted by Gasteiger charge is -2.17. The number of carbonyl (C=O) groups excluding carboxylic acids is 1. The highest BCUT2D eigenvalue weighted by atomic mass is 35.5. The van der Waals surface area contributed by atoms with E-state index in [-0.39, 0.29) is 5.91 Å². The highest BCUT2D eigenvalue weighted by molar-refractivity contribution is 7.17. The first-order valence-electron chi connectivity index (χ1n) is 5.25. The number of halogens is 1. The molecule has 92 valence electrons. The summed E-state index contributed by atoms with van der Waals surface area (Å²) in [6.45, 7) is 0.457. The van der Waals surface area contributed by atoms with Gasteiger partial charge in [-0.1, -0.05) is 11.6 Å². The third-order valence-corrected chi connectivity index (χ3v) is 4.18. The molecule has 1 aromatic heterocycles. The predicted molar refractivity (Wildman–Crippen MR) is 70.8 cm³/mol. The Kier molecular flexibility index (Phi) is 2.74. The van der Waals surface area contributed by atoms with Crippen molar-refractivity contribution in [3.63, 3.8) is 0 Å². The summed E-state index contributed by atoms with van der Waals surface area (Å²) in [5, 5.41) is 0.642. The highest BCUT2D eigenvalue weighted by Crippen LogP contribution is 2.43. The first-order valence-corrected chi connectivity index (χ1v) is 6.45. The fraction of sp³-hybridized carbons (Fsp3) is 0.0833. The molecule has 0 radical (unpaired) electrons. The lowest BCUT2D eigenvalue weighted by molar-refractivity contribution is 0.0957. The quantitative estimate of drug-likeness (QED) is 0.479. The summed E-state index contributed by atoms with van der Waals surface area (Å²) in [5.74, 6) is 5.63. The molecular weight excluding hydrogens is 272 g/mol. The van der Waals surface area contributed by atoms with Crippen molar-refractivity contribution in [1.82, 2.24) is 5.43 Å². The van der Waals surface area contributed by atoms with E-state index in [1.165, 1.54) is 11.3 Å². The number of fused-ring (bicyclic) bond motifs is 3. The van der Waals surface area contributed by atoms with Crippen molar-refractivity contribution in [3.8, 4) is 16.2 Å². The van der Waals surface area contributed by atoms with Crippen LogP contribution in [0.3, 0.4) is 0 Å². The van der Waals surface area contributed by atoms with Crippen LogP contribution in [-0.2, 0) is 6.61 Å². The van der Waals surface area contributed by atoms with Crippen LogP contribution < -0.4 is 16.0 Å². The average molecular weight is 281 g/mol. The normalized spacial score (nSPS) is 12.3. The van der Waals surface area contributed by atoms with E-state index >= 15 is 0 Å². The molecule has 0 saturated carbocycles. The maximum atomic E-state index is 11.5. The first-order chi connectivity index (χ1) is 8.69. The number of carbonyl (C=O) groups is 1. The van der Waals surface area contributed by atoms with Crippen molar-refractivity contribution in [1.29, 1.82) is 0 Å². The van der Waals surface area contributed by atoms with Gasteiger partial charge in [-0.2, -0.15) is 0 Å². The zero-order valence-corrected chi connectivity index (χ0v) is 10.8. The minimum Gasteiger partial charge on any atom is -0.488 e.